The lowest BCUT2D eigenvalue weighted by molar-refractivity contribution is -0.113. The van der Waals surface area contributed by atoms with Crippen LogP contribution in [0.1, 0.15) is 16.7 Å². The van der Waals surface area contributed by atoms with Crippen LogP contribution in [0.25, 0.3) is 0 Å². The molecule has 24 heavy (non-hydrogen) atoms. The minimum absolute atomic E-state index is 0.158. The number of rotatable bonds is 4. The molecule has 2 aromatic rings. The summed E-state index contributed by atoms with van der Waals surface area (Å²) in [6, 6.07) is 13.7. The van der Waals surface area contributed by atoms with Crippen LogP contribution < -0.4 is 9.64 Å². The van der Waals surface area contributed by atoms with E-state index in [1.54, 1.807) is 0 Å². The fraction of sp³-hybridized carbons (Fsp3) is 0.158. The van der Waals surface area contributed by atoms with Crippen molar-refractivity contribution < 1.29 is 9.53 Å². The predicted molar refractivity (Wildman–Crippen MR) is 104 cm³/mol. The topological polar surface area (TPSA) is 29.5 Å². The molecule has 1 aliphatic heterocycles. The fourth-order valence-electron chi connectivity index (χ4n) is 2.43. The number of hydrogen-bond acceptors (Lipinski definition) is 4. The third kappa shape index (κ3) is 3.37. The molecule has 0 aromatic heterocycles. The second-order valence-corrected chi connectivity index (χ2v) is 7.37. The fourth-order valence-corrected chi connectivity index (χ4v) is 3.59. The highest BCUT2D eigenvalue weighted by molar-refractivity contribution is 8.27. The van der Waals surface area contributed by atoms with Gasteiger partial charge in [-0.3, -0.25) is 9.69 Å². The maximum absolute atomic E-state index is 12.1. The number of thioether (sulfide) groups is 1. The van der Waals surface area contributed by atoms with Gasteiger partial charge in [0.05, 0.1) is 10.6 Å². The van der Waals surface area contributed by atoms with Crippen LogP contribution in [0.5, 0.6) is 5.75 Å². The van der Waals surface area contributed by atoms with Crippen molar-refractivity contribution in [3.05, 3.63) is 70.6 Å². The molecule has 0 N–H and O–H groups in total. The first-order valence-corrected chi connectivity index (χ1v) is 8.72. The van der Waals surface area contributed by atoms with Crippen molar-refractivity contribution in [1.29, 1.82) is 0 Å². The molecule has 0 atom stereocenters. The number of anilines is 1. The normalized spacial score (nSPS) is 14.4. The first-order chi connectivity index (χ1) is 11.5. The molecule has 0 saturated carbocycles. The van der Waals surface area contributed by atoms with E-state index >= 15 is 0 Å². The Labute approximate surface area is 151 Å². The van der Waals surface area contributed by atoms with E-state index in [0.717, 1.165) is 11.4 Å². The summed E-state index contributed by atoms with van der Waals surface area (Å²) >= 11 is 6.46. The number of benzene rings is 2. The zero-order valence-electron chi connectivity index (χ0n) is 13.5. The molecule has 1 saturated heterocycles. The average Bonchev–Trinajstić information content (AvgIpc) is 2.81. The van der Waals surface area contributed by atoms with Gasteiger partial charge in [-0.25, -0.2) is 0 Å². The van der Waals surface area contributed by atoms with Crippen molar-refractivity contribution in [3.8, 4) is 5.75 Å². The van der Waals surface area contributed by atoms with Crippen LogP contribution in [-0.2, 0) is 11.4 Å². The first kappa shape index (κ1) is 16.7. The van der Waals surface area contributed by atoms with Crippen LogP contribution in [0, 0.1) is 13.8 Å². The Hall–Kier alpha value is -2.11. The smallest absolute Gasteiger partial charge is 0.270 e. The van der Waals surface area contributed by atoms with Crippen molar-refractivity contribution in [3.63, 3.8) is 0 Å². The zero-order chi connectivity index (χ0) is 17.3. The molecule has 0 unspecified atom stereocenters. The molecule has 5 heteroatoms. The van der Waals surface area contributed by atoms with E-state index in [2.05, 4.69) is 38.6 Å². The van der Waals surface area contributed by atoms with Crippen molar-refractivity contribution in [1.82, 2.24) is 0 Å². The van der Waals surface area contributed by atoms with Gasteiger partial charge in [0.15, 0.2) is 4.32 Å². The molecule has 1 heterocycles. The number of hydrogen-bond donors (Lipinski definition) is 0. The van der Waals surface area contributed by atoms with Gasteiger partial charge < -0.3 is 4.74 Å². The number of ether oxygens (including phenoxy) is 1. The van der Waals surface area contributed by atoms with Crippen molar-refractivity contribution in [2.45, 2.75) is 20.5 Å². The summed E-state index contributed by atoms with van der Waals surface area (Å²) < 4.78 is 6.37. The van der Waals surface area contributed by atoms with Crippen LogP contribution in [0.15, 0.2) is 53.9 Å². The highest BCUT2D eigenvalue weighted by Gasteiger charge is 2.31. The van der Waals surface area contributed by atoms with Gasteiger partial charge >= 0.3 is 0 Å². The van der Waals surface area contributed by atoms with E-state index in [0.29, 0.717) is 15.8 Å². The molecule has 0 radical (unpaired) electrons. The molecule has 122 valence electrons. The van der Waals surface area contributed by atoms with Crippen LogP contribution in [0.2, 0.25) is 0 Å². The number of thiocarbonyl (C=S) groups is 1. The Morgan fingerprint density at radius 1 is 1.17 bits per heavy atom. The maximum Gasteiger partial charge on any atom is 0.270 e. The van der Waals surface area contributed by atoms with Crippen LogP contribution in [0.3, 0.4) is 0 Å². The number of nitrogens with zero attached hydrogens (tertiary/aromatic N) is 1. The number of amides is 1. The first-order valence-electron chi connectivity index (χ1n) is 7.50. The summed E-state index contributed by atoms with van der Waals surface area (Å²) in [5.74, 6) is 0.595. The van der Waals surface area contributed by atoms with Crippen molar-refractivity contribution in [2.24, 2.45) is 0 Å². The second-order valence-electron chi connectivity index (χ2n) is 5.64. The molecule has 1 amide bonds. The Kier molecular flexibility index (Phi) is 4.73. The number of carbonyl (C=O) groups excluding carboxylic acids is 1. The molecular weight excluding hydrogens is 338 g/mol. The molecule has 3 nitrogen and oxygen atoms in total. The number of carbonyl (C=O) groups is 1. The van der Waals surface area contributed by atoms with Crippen LogP contribution >= 0.6 is 24.0 Å². The standard InChI is InChI=1S/C19H17NO2S2/c1-12-4-5-13(2)15(10-12)11-22-17-8-6-16(7-9-17)20-18(21)14(3)24-19(20)23/h4-10H,3,11H2,1-2H3. The van der Waals surface area contributed by atoms with Gasteiger partial charge in [0, 0.05) is 0 Å². The molecule has 0 aliphatic carbocycles. The van der Waals surface area contributed by atoms with Crippen molar-refractivity contribution >= 4 is 39.9 Å². The lowest BCUT2D eigenvalue weighted by Gasteiger charge is -2.15. The molecule has 1 aliphatic rings. The molecule has 0 bridgehead atoms. The Morgan fingerprint density at radius 2 is 1.88 bits per heavy atom. The summed E-state index contributed by atoms with van der Waals surface area (Å²) in [6.45, 7) is 8.38. The van der Waals surface area contributed by atoms with Gasteiger partial charge in [-0.05, 0) is 49.2 Å². The van der Waals surface area contributed by atoms with Gasteiger partial charge in [0.1, 0.15) is 12.4 Å². The van der Waals surface area contributed by atoms with Gasteiger partial charge in [-0.1, -0.05) is 54.3 Å². The third-order valence-electron chi connectivity index (χ3n) is 3.83. The minimum atomic E-state index is -0.158. The number of aryl methyl sites for hydroxylation is 2. The lowest BCUT2D eigenvalue weighted by Crippen LogP contribution is -2.27. The Bertz CT molecular complexity index is 828. The van der Waals surface area contributed by atoms with E-state index in [1.165, 1.54) is 33.4 Å². The van der Waals surface area contributed by atoms with Gasteiger partial charge in [-0.15, -0.1) is 0 Å². The third-order valence-corrected chi connectivity index (χ3v) is 5.04. The lowest BCUT2D eigenvalue weighted by atomic mass is 10.1. The molecular formula is C19H17NO2S2. The van der Waals surface area contributed by atoms with E-state index in [1.807, 2.05) is 24.3 Å². The van der Waals surface area contributed by atoms with E-state index in [9.17, 15) is 4.79 Å². The minimum Gasteiger partial charge on any atom is -0.489 e. The summed E-state index contributed by atoms with van der Waals surface area (Å²) in [6.07, 6.45) is 0. The summed E-state index contributed by atoms with van der Waals surface area (Å²) in [5.41, 5.74) is 4.33. The molecule has 1 fully saturated rings. The Morgan fingerprint density at radius 3 is 2.50 bits per heavy atom. The van der Waals surface area contributed by atoms with Crippen LogP contribution in [0.4, 0.5) is 5.69 Å². The Balaban J connectivity index is 1.71. The summed E-state index contributed by atoms with van der Waals surface area (Å²) in [4.78, 5) is 14.0. The largest absolute Gasteiger partial charge is 0.489 e. The highest BCUT2D eigenvalue weighted by Crippen LogP contribution is 2.34. The summed E-state index contributed by atoms with van der Waals surface area (Å²) in [5, 5.41) is 0. The van der Waals surface area contributed by atoms with E-state index < -0.39 is 0 Å². The van der Waals surface area contributed by atoms with E-state index in [-0.39, 0.29) is 5.91 Å². The summed E-state index contributed by atoms with van der Waals surface area (Å²) in [7, 11) is 0. The van der Waals surface area contributed by atoms with Gasteiger partial charge in [0.25, 0.3) is 5.91 Å². The van der Waals surface area contributed by atoms with Gasteiger partial charge in [0.2, 0.25) is 0 Å². The molecule has 3 rings (SSSR count). The predicted octanol–water partition coefficient (Wildman–Crippen LogP) is 4.76. The highest BCUT2D eigenvalue weighted by atomic mass is 32.2. The monoisotopic (exact) mass is 355 g/mol. The maximum atomic E-state index is 12.1. The van der Waals surface area contributed by atoms with Gasteiger partial charge in [-0.2, -0.15) is 0 Å². The zero-order valence-corrected chi connectivity index (χ0v) is 15.2. The van der Waals surface area contributed by atoms with Crippen LogP contribution in [-0.4, -0.2) is 10.2 Å². The molecule has 2 aromatic carbocycles. The average molecular weight is 355 g/mol. The quantitative estimate of drug-likeness (QED) is 0.584. The SMILES string of the molecule is C=C1SC(=S)N(c2ccc(OCc3cc(C)ccc3C)cc2)C1=O. The second kappa shape index (κ2) is 6.79. The van der Waals surface area contributed by atoms with Crippen molar-refractivity contribution in [2.75, 3.05) is 4.90 Å². The molecule has 0 spiro atoms. The van der Waals surface area contributed by atoms with E-state index in [4.69, 9.17) is 17.0 Å².